The Bertz CT molecular complexity index is 662. The summed E-state index contributed by atoms with van der Waals surface area (Å²) in [6, 6.07) is 5.87. The van der Waals surface area contributed by atoms with Crippen LogP contribution in [-0.4, -0.2) is 43.2 Å². The molecule has 1 fully saturated rings. The lowest BCUT2D eigenvalue weighted by atomic mass is 10.2. The van der Waals surface area contributed by atoms with Gasteiger partial charge < -0.3 is 19.8 Å². The highest BCUT2D eigenvalue weighted by molar-refractivity contribution is 5.78. The molecule has 1 atom stereocenters. The third kappa shape index (κ3) is 4.30. The zero-order valence-electron chi connectivity index (χ0n) is 13.4. The van der Waals surface area contributed by atoms with Gasteiger partial charge >= 0.3 is 0 Å². The number of carbonyl (C=O) groups excluding carboxylic acids is 1. The van der Waals surface area contributed by atoms with Crippen LogP contribution in [0.2, 0.25) is 0 Å². The van der Waals surface area contributed by atoms with Crippen LogP contribution < -0.4 is 10.6 Å². The minimum atomic E-state index is -0.0183. The number of hydrogen-bond acceptors (Lipinski definition) is 5. The third-order valence-electron chi connectivity index (χ3n) is 4.01. The molecule has 1 aliphatic heterocycles. The second-order valence-corrected chi connectivity index (χ2v) is 5.90. The van der Waals surface area contributed by atoms with Crippen LogP contribution in [0.25, 0.3) is 11.1 Å². The van der Waals surface area contributed by atoms with E-state index in [1.54, 1.807) is 0 Å². The molecule has 1 aliphatic rings. The van der Waals surface area contributed by atoms with Crippen molar-refractivity contribution in [3.8, 4) is 0 Å². The van der Waals surface area contributed by atoms with Gasteiger partial charge in [0.15, 0.2) is 11.5 Å². The highest BCUT2D eigenvalue weighted by Gasteiger charge is 2.15. The zero-order chi connectivity index (χ0) is 16.1. The number of hydrogen-bond donors (Lipinski definition) is 2. The fourth-order valence-corrected chi connectivity index (χ4v) is 2.76. The summed E-state index contributed by atoms with van der Waals surface area (Å²) in [5.74, 6) is 0.636. The van der Waals surface area contributed by atoms with Crippen LogP contribution in [0.1, 0.15) is 24.3 Å². The molecule has 0 aliphatic carbocycles. The Morgan fingerprint density at radius 2 is 2.35 bits per heavy atom. The molecule has 0 radical (unpaired) electrons. The first-order valence-electron chi connectivity index (χ1n) is 8.16. The summed E-state index contributed by atoms with van der Waals surface area (Å²) in [6.07, 6.45) is 3.03. The average molecular weight is 317 g/mol. The van der Waals surface area contributed by atoms with Gasteiger partial charge in [-0.25, -0.2) is 4.98 Å². The van der Waals surface area contributed by atoms with Gasteiger partial charge in [0.2, 0.25) is 5.91 Å². The van der Waals surface area contributed by atoms with Crippen molar-refractivity contribution < 1.29 is 13.9 Å². The minimum absolute atomic E-state index is 0.0183. The molecule has 6 nitrogen and oxygen atoms in total. The van der Waals surface area contributed by atoms with Crippen molar-refractivity contribution in [3.05, 3.63) is 29.7 Å². The summed E-state index contributed by atoms with van der Waals surface area (Å²) >= 11 is 0. The molecule has 23 heavy (non-hydrogen) atoms. The zero-order valence-corrected chi connectivity index (χ0v) is 13.4. The molecule has 2 N–H and O–H groups in total. The minimum Gasteiger partial charge on any atom is -0.441 e. The standard InChI is InChI=1S/C17H23N3O3/c1-12-4-2-6-14-17(12)20-16(23-14)7-8-19-15(21)11-18-10-13-5-3-9-22-13/h2,4,6,13,18H,3,5,7-11H2,1H3,(H,19,21). The molecule has 3 rings (SSSR count). The number of carbonyl (C=O) groups is 1. The lowest BCUT2D eigenvalue weighted by molar-refractivity contribution is -0.120. The molecule has 2 heterocycles. The summed E-state index contributed by atoms with van der Waals surface area (Å²) in [7, 11) is 0. The van der Waals surface area contributed by atoms with E-state index in [0.717, 1.165) is 42.7 Å². The number of aromatic nitrogens is 1. The van der Waals surface area contributed by atoms with Crippen LogP contribution in [0.4, 0.5) is 0 Å². The first-order chi connectivity index (χ1) is 11.2. The first kappa shape index (κ1) is 16.0. The lowest BCUT2D eigenvalue weighted by Crippen LogP contribution is -2.37. The number of ether oxygens (including phenoxy) is 1. The van der Waals surface area contributed by atoms with Gasteiger partial charge in [-0.3, -0.25) is 4.79 Å². The van der Waals surface area contributed by atoms with Gasteiger partial charge in [0.05, 0.1) is 12.6 Å². The molecule has 124 valence electrons. The number of para-hydroxylation sites is 1. The van der Waals surface area contributed by atoms with E-state index in [1.807, 2.05) is 25.1 Å². The number of oxazole rings is 1. The van der Waals surface area contributed by atoms with Crippen LogP contribution in [-0.2, 0) is 16.0 Å². The van der Waals surface area contributed by atoms with Crippen molar-refractivity contribution in [2.24, 2.45) is 0 Å². The van der Waals surface area contributed by atoms with Crippen LogP contribution in [0.15, 0.2) is 22.6 Å². The molecule has 0 saturated carbocycles. The summed E-state index contributed by atoms with van der Waals surface area (Å²) in [6.45, 7) is 4.41. The highest BCUT2D eigenvalue weighted by atomic mass is 16.5. The number of amides is 1. The lowest BCUT2D eigenvalue weighted by Gasteiger charge is -2.10. The van der Waals surface area contributed by atoms with Gasteiger partial charge in [-0.1, -0.05) is 12.1 Å². The van der Waals surface area contributed by atoms with Gasteiger partial charge in [-0.15, -0.1) is 0 Å². The predicted octanol–water partition coefficient (Wildman–Crippen LogP) is 1.56. The van der Waals surface area contributed by atoms with Crippen molar-refractivity contribution in [2.45, 2.75) is 32.3 Å². The summed E-state index contributed by atoms with van der Waals surface area (Å²) < 4.78 is 11.2. The monoisotopic (exact) mass is 317 g/mol. The molecule has 0 spiro atoms. The number of nitrogens with zero attached hydrogens (tertiary/aromatic N) is 1. The molecule has 2 aromatic rings. The van der Waals surface area contributed by atoms with Crippen LogP contribution in [0.3, 0.4) is 0 Å². The Morgan fingerprint density at radius 1 is 1.43 bits per heavy atom. The van der Waals surface area contributed by atoms with Crippen LogP contribution in [0, 0.1) is 6.92 Å². The topological polar surface area (TPSA) is 76.4 Å². The van der Waals surface area contributed by atoms with Crippen LogP contribution in [0.5, 0.6) is 0 Å². The SMILES string of the molecule is Cc1cccc2oc(CCNC(=O)CNCC3CCCO3)nc12. The molecule has 1 aromatic heterocycles. The van der Waals surface area contributed by atoms with Crippen molar-refractivity contribution in [2.75, 3.05) is 26.2 Å². The maximum absolute atomic E-state index is 11.8. The van der Waals surface area contributed by atoms with Crippen molar-refractivity contribution in [3.63, 3.8) is 0 Å². The average Bonchev–Trinajstić information content (AvgIpc) is 3.17. The van der Waals surface area contributed by atoms with E-state index in [2.05, 4.69) is 15.6 Å². The fraction of sp³-hybridized carbons (Fsp3) is 0.529. The van der Waals surface area contributed by atoms with E-state index < -0.39 is 0 Å². The highest BCUT2D eigenvalue weighted by Crippen LogP contribution is 2.18. The Labute approximate surface area is 135 Å². The van der Waals surface area contributed by atoms with Gasteiger partial charge in [0, 0.05) is 26.1 Å². The van der Waals surface area contributed by atoms with E-state index in [9.17, 15) is 4.79 Å². The van der Waals surface area contributed by atoms with Gasteiger partial charge in [0.25, 0.3) is 0 Å². The molecule has 1 amide bonds. The van der Waals surface area contributed by atoms with E-state index in [1.165, 1.54) is 0 Å². The van der Waals surface area contributed by atoms with E-state index in [-0.39, 0.29) is 12.0 Å². The van der Waals surface area contributed by atoms with E-state index in [0.29, 0.717) is 25.4 Å². The second-order valence-electron chi connectivity index (χ2n) is 5.90. The van der Waals surface area contributed by atoms with Crippen LogP contribution >= 0.6 is 0 Å². The maximum Gasteiger partial charge on any atom is 0.233 e. The molecular formula is C17H23N3O3. The van der Waals surface area contributed by atoms with E-state index in [4.69, 9.17) is 9.15 Å². The van der Waals surface area contributed by atoms with Crippen molar-refractivity contribution >= 4 is 17.0 Å². The molecular weight excluding hydrogens is 294 g/mol. The molecule has 6 heteroatoms. The Morgan fingerprint density at radius 3 is 3.13 bits per heavy atom. The summed E-state index contributed by atoms with van der Waals surface area (Å²) in [4.78, 5) is 16.2. The Kier molecular flexibility index (Phi) is 5.25. The summed E-state index contributed by atoms with van der Waals surface area (Å²) in [5.41, 5.74) is 2.79. The molecule has 1 unspecified atom stereocenters. The second kappa shape index (κ2) is 7.57. The third-order valence-corrected chi connectivity index (χ3v) is 4.01. The summed E-state index contributed by atoms with van der Waals surface area (Å²) in [5, 5.41) is 6.00. The van der Waals surface area contributed by atoms with Gasteiger partial charge in [-0.2, -0.15) is 0 Å². The molecule has 0 bridgehead atoms. The number of benzene rings is 1. The molecule has 1 aromatic carbocycles. The normalized spacial score (nSPS) is 17.7. The first-order valence-corrected chi connectivity index (χ1v) is 8.16. The number of nitrogens with one attached hydrogen (secondary N) is 2. The number of fused-ring (bicyclic) bond motifs is 1. The Balaban J connectivity index is 1.38. The smallest absolute Gasteiger partial charge is 0.233 e. The molecule has 1 saturated heterocycles. The quantitative estimate of drug-likeness (QED) is 0.810. The van der Waals surface area contributed by atoms with Crippen molar-refractivity contribution in [1.29, 1.82) is 0 Å². The fourth-order valence-electron chi connectivity index (χ4n) is 2.76. The van der Waals surface area contributed by atoms with E-state index >= 15 is 0 Å². The predicted molar refractivity (Wildman–Crippen MR) is 87.3 cm³/mol. The number of rotatable bonds is 7. The number of aryl methyl sites for hydroxylation is 1. The largest absolute Gasteiger partial charge is 0.441 e. The van der Waals surface area contributed by atoms with Gasteiger partial charge in [0.1, 0.15) is 5.52 Å². The Hall–Kier alpha value is -1.92. The van der Waals surface area contributed by atoms with Crippen molar-refractivity contribution in [1.82, 2.24) is 15.6 Å². The maximum atomic E-state index is 11.8. The van der Waals surface area contributed by atoms with Gasteiger partial charge in [-0.05, 0) is 31.4 Å².